The number of ether oxygens (including phenoxy) is 2. The fraction of sp³-hybridized carbons (Fsp3) is 0.500. The smallest absolute Gasteiger partial charge is 0.320 e. The van der Waals surface area contributed by atoms with Gasteiger partial charge in [-0.2, -0.15) is 0 Å². The maximum Gasteiger partial charge on any atom is 0.320 e. The highest BCUT2D eigenvalue weighted by Gasteiger charge is 2.31. The van der Waals surface area contributed by atoms with Crippen LogP contribution in [0.5, 0.6) is 11.5 Å². The first-order chi connectivity index (χ1) is 9.65. The molecule has 0 saturated carbocycles. The number of halogens is 1. The van der Waals surface area contributed by atoms with E-state index in [1.54, 1.807) is 0 Å². The zero-order valence-corrected chi connectivity index (χ0v) is 12.6. The minimum Gasteiger partial charge on any atom is -0.486 e. The summed E-state index contributed by atoms with van der Waals surface area (Å²) in [6, 6.07) is 3.46. The van der Waals surface area contributed by atoms with Crippen molar-refractivity contribution in [2.75, 3.05) is 19.8 Å². The SMILES string of the molecule is O=C(O)C1CCCN1Cc1cc2c(cc1Br)OCCO2. The molecule has 1 unspecified atom stereocenters. The second kappa shape index (κ2) is 5.61. The van der Waals surface area contributed by atoms with Gasteiger partial charge < -0.3 is 14.6 Å². The highest BCUT2D eigenvalue weighted by atomic mass is 79.9. The molecule has 0 radical (unpaired) electrons. The van der Waals surface area contributed by atoms with Gasteiger partial charge in [0.25, 0.3) is 0 Å². The van der Waals surface area contributed by atoms with Gasteiger partial charge in [-0.05, 0) is 37.1 Å². The molecule has 1 aromatic rings. The Balaban J connectivity index is 1.82. The van der Waals surface area contributed by atoms with Gasteiger partial charge in [0.15, 0.2) is 11.5 Å². The molecule has 1 saturated heterocycles. The van der Waals surface area contributed by atoms with Crippen molar-refractivity contribution < 1.29 is 19.4 Å². The average Bonchev–Trinajstić information content (AvgIpc) is 2.88. The van der Waals surface area contributed by atoms with Crippen molar-refractivity contribution in [3.63, 3.8) is 0 Å². The lowest BCUT2D eigenvalue weighted by Gasteiger charge is -2.24. The van der Waals surface area contributed by atoms with Crippen molar-refractivity contribution in [1.82, 2.24) is 4.90 Å². The summed E-state index contributed by atoms with van der Waals surface area (Å²) in [7, 11) is 0. The summed E-state index contributed by atoms with van der Waals surface area (Å²) in [5, 5.41) is 9.22. The van der Waals surface area contributed by atoms with E-state index in [1.165, 1.54) is 0 Å². The van der Waals surface area contributed by atoms with Gasteiger partial charge in [0.2, 0.25) is 0 Å². The molecule has 0 amide bonds. The Hall–Kier alpha value is -1.27. The number of carbonyl (C=O) groups is 1. The lowest BCUT2D eigenvalue weighted by molar-refractivity contribution is -0.142. The van der Waals surface area contributed by atoms with Crippen LogP contribution in [0.25, 0.3) is 0 Å². The summed E-state index contributed by atoms with van der Waals surface area (Å²) in [5.74, 6) is 0.736. The van der Waals surface area contributed by atoms with Crippen molar-refractivity contribution in [2.24, 2.45) is 0 Å². The number of fused-ring (bicyclic) bond motifs is 1. The third kappa shape index (κ3) is 2.62. The number of hydrogen-bond donors (Lipinski definition) is 1. The summed E-state index contributed by atoms with van der Waals surface area (Å²) in [6.07, 6.45) is 1.65. The Labute approximate surface area is 125 Å². The van der Waals surface area contributed by atoms with Crippen LogP contribution in [0.1, 0.15) is 18.4 Å². The quantitative estimate of drug-likeness (QED) is 0.913. The van der Waals surface area contributed by atoms with Gasteiger partial charge in [-0.3, -0.25) is 9.69 Å². The molecule has 0 aliphatic carbocycles. The fourth-order valence-electron chi connectivity index (χ4n) is 2.74. The molecular formula is C14H16BrNO4. The van der Waals surface area contributed by atoms with E-state index in [0.29, 0.717) is 19.8 Å². The lowest BCUT2D eigenvalue weighted by atomic mass is 10.1. The molecular weight excluding hydrogens is 326 g/mol. The first kappa shape index (κ1) is 13.7. The Morgan fingerprint density at radius 1 is 1.35 bits per heavy atom. The number of nitrogens with zero attached hydrogens (tertiary/aromatic N) is 1. The summed E-state index contributed by atoms with van der Waals surface area (Å²) in [6.45, 7) is 2.54. The van der Waals surface area contributed by atoms with Crippen molar-refractivity contribution >= 4 is 21.9 Å². The van der Waals surface area contributed by atoms with Gasteiger partial charge in [0.05, 0.1) is 0 Å². The first-order valence-corrected chi connectivity index (χ1v) is 7.49. The van der Waals surface area contributed by atoms with Crippen molar-refractivity contribution in [3.8, 4) is 11.5 Å². The van der Waals surface area contributed by atoms with Gasteiger partial charge in [0.1, 0.15) is 19.3 Å². The van der Waals surface area contributed by atoms with E-state index in [1.807, 2.05) is 17.0 Å². The van der Waals surface area contributed by atoms with Crippen molar-refractivity contribution in [3.05, 3.63) is 22.2 Å². The predicted octanol–water partition coefficient (Wildman–Crippen LogP) is 2.27. The van der Waals surface area contributed by atoms with E-state index >= 15 is 0 Å². The fourth-order valence-corrected chi connectivity index (χ4v) is 3.19. The molecule has 1 N–H and O–H groups in total. The van der Waals surface area contributed by atoms with Crippen LogP contribution in [0.15, 0.2) is 16.6 Å². The van der Waals surface area contributed by atoms with Crippen LogP contribution < -0.4 is 9.47 Å². The van der Waals surface area contributed by atoms with E-state index in [4.69, 9.17) is 9.47 Å². The number of benzene rings is 1. The Kier molecular flexibility index (Phi) is 3.85. The first-order valence-electron chi connectivity index (χ1n) is 6.70. The van der Waals surface area contributed by atoms with Crippen LogP contribution >= 0.6 is 15.9 Å². The second-order valence-corrected chi connectivity index (χ2v) is 5.91. The normalized spacial score (nSPS) is 21.9. The molecule has 1 aromatic carbocycles. The van der Waals surface area contributed by atoms with Crippen LogP contribution in [0.2, 0.25) is 0 Å². The van der Waals surface area contributed by atoms with Gasteiger partial charge >= 0.3 is 5.97 Å². The summed E-state index contributed by atoms with van der Waals surface area (Å²) in [5.41, 5.74) is 1.03. The molecule has 2 aliphatic heterocycles. The monoisotopic (exact) mass is 341 g/mol. The molecule has 6 heteroatoms. The van der Waals surface area contributed by atoms with E-state index in [-0.39, 0.29) is 6.04 Å². The Morgan fingerprint density at radius 3 is 2.75 bits per heavy atom. The van der Waals surface area contributed by atoms with E-state index in [2.05, 4.69) is 15.9 Å². The largest absolute Gasteiger partial charge is 0.486 e. The molecule has 0 aromatic heterocycles. The van der Waals surface area contributed by atoms with E-state index in [9.17, 15) is 9.90 Å². The highest BCUT2D eigenvalue weighted by molar-refractivity contribution is 9.10. The van der Waals surface area contributed by atoms with Gasteiger partial charge in [-0.1, -0.05) is 15.9 Å². The predicted molar refractivity (Wildman–Crippen MR) is 76.2 cm³/mol. The third-order valence-electron chi connectivity index (χ3n) is 3.73. The number of carboxylic acid groups (broad SMARTS) is 1. The van der Waals surface area contributed by atoms with Crippen molar-refractivity contribution in [1.29, 1.82) is 0 Å². The second-order valence-electron chi connectivity index (χ2n) is 5.05. The van der Waals surface area contributed by atoms with Gasteiger partial charge in [-0.25, -0.2) is 0 Å². The zero-order valence-electron chi connectivity index (χ0n) is 11.0. The summed E-state index contributed by atoms with van der Waals surface area (Å²) in [4.78, 5) is 13.2. The number of likely N-dealkylation sites (tertiary alicyclic amines) is 1. The van der Waals surface area contributed by atoms with Crippen LogP contribution in [0, 0.1) is 0 Å². The molecule has 0 bridgehead atoms. The zero-order chi connectivity index (χ0) is 14.1. The van der Waals surface area contributed by atoms with Crippen LogP contribution in [-0.4, -0.2) is 41.8 Å². The van der Waals surface area contributed by atoms with Crippen LogP contribution in [0.3, 0.4) is 0 Å². The molecule has 2 heterocycles. The van der Waals surface area contributed by atoms with Gasteiger partial charge in [-0.15, -0.1) is 0 Å². The number of hydrogen-bond acceptors (Lipinski definition) is 4. The molecule has 1 atom stereocenters. The number of aliphatic carboxylic acids is 1. The lowest BCUT2D eigenvalue weighted by Crippen LogP contribution is -2.35. The standard InChI is InChI=1S/C14H16BrNO4/c15-10-7-13-12(19-4-5-20-13)6-9(10)8-16-3-1-2-11(16)14(17)18/h6-7,11H,1-5,8H2,(H,17,18). The van der Waals surface area contributed by atoms with E-state index < -0.39 is 5.97 Å². The molecule has 3 rings (SSSR count). The molecule has 2 aliphatic rings. The summed E-state index contributed by atoms with van der Waals surface area (Å²) < 4.78 is 12.0. The van der Waals surface area contributed by atoms with Gasteiger partial charge in [0, 0.05) is 11.0 Å². The number of rotatable bonds is 3. The van der Waals surface area contributed by atoms with Crippen LogP contribution in [0.4, 0.5) is 0 Å². The van der Waals surface area contributed by atoms with Crippen molar-refractivity contribution in [2.45, 2.75) is 25.4 Å². The topological polar surface area (TPSA) is 59.0 Å². The average molecular weight is 342 g/mol. The molecule has 20 heavy (non-hydrogen) atoms. The molecule has 1 fully saturated rings. The summed E-state index contributed by atoms with van der Waals surface area (Å²) >= 11 is 3.53. The maximum absolute atomic E-state index is 11.2. The minimum absolute atomic E-state index is 0.380. The van der Waals surface area contributed by atoms with Crippen LogP contribution in [-0.2, 0) is 11.3 Å². The number of carboxylic acids is 1. The Bertz CT molecular complexity index is 534. The molecule has 5 nitrogen and oxygen atoms in total. The Morgan fingerprint density at radius 2 is 2.05 bits per heavy atom. The molecule has 0 spiro atoms. The van der Waals surface area contributed by atoms with E-state index in [0.717, 1.165) is 40.9 Å². The maximum atomic E-state index is 11.2. The minimum atomic E-state index is -0.740. The third-order valence-corrected chi connectivity index (χ3v) is 4.47. The highest BCUT2D eigenvalue weighted by Crippen LogP contribution is 2.36. The molecule has 108 valence electrons.